The van der Waals surface area contributed by atoms with Crippen LogP contribution < -0.4 is 0 Å². The molecule has 0 unspecified atom stereocenters. The molecule has 1 saturated heterocycles. The molecule has 0 bridgehead atoms. The molecule has 78 valence electrons. The minimum atomic E-state index is -0.156. The quantitative estimate of drug-likeness (QED) is 0.662. The van der Waals surface area contributed by atoms with Gasteiger partial charge in [0.05, 0.1) is 4.91 Å². The van der Waals surface area contributed by atoms with Gasteiger partial charge >= 0.3 is 0 Å². The van der Waals surface area contributed by atoms with Crippen molar-refractivity contribution in [3.05, 3.63) is 11.0 Å². The Morgan fingerprint density at radius 2 is 1.79 bits per heavy atom. The van der Waals surface area contributed by atoms with Crippen LogP contribution in [0, 0.1) is 5.92 Å². The Bertz CT molecular complexity index is 294. The maximum atomic E-state index is 11.7. The van der Waals surface area contributed by atoms with E-state index < -0.39 is 0 Å². The standard InChI is InChI=1S/C10H15NO2S/c1-6(2)5-8-9(12)11(7(3)4)10(13)14-8/h5-7H,1-4H3/b8-5-. The highest BCUT2D eigenvalue weighted by Crippen LogP contribution is 2.32. The number of rotatable bonds is 2. The summed E-state index contributed by atoms with van der Waals surface area (Å²) >= 11 is 1.04. The second kappa shape index (κ2) is 4.17. The number of hydrogen-bond donors (Lipinski definition) is 0. The van der Waals surface area contributed by atoms with Crippen LogP contribution in [-0.2, 0) is 4.79 Å². The van der Waals surface area contributed by atoms with Gasteiger partial charge in [0.15, 0.2) is 0 Å². The van der Waals surface area contributed by atoms with Gasteiger partial charge in [-0.2, -0.15) is 0 Å². The third-order valence-electron chi connectivity index (χ3n) is 1.82. The summed E-state index contributed by atoms with van der Waals surface area (Å²) in [7, 11) is 0. The molecule has 0 aromatic carbocycles. The van der Waals surface area contributed by atoms with Crippen LogP contribution in [-0.4, -0.2) is 22.1 Å². The van der Waals surface area contributed by atoms with Crippen LogP contribution in [0.1, 0.15) is 27.7 Å². The minimum Gasteiger partial charge on any atom is -0.268 e. The van der Waals surface area contributed by atoms with Gasteiger partial charge < -0.3 is 0 Å². The summed E-state index contributed by atoms with van der Waals surface area (Å²) in [5.74, 6) is 0.144. The maximum absolute atomic E-state index is 11.7. The van der Waals surface area contributed by atoms with Crippen molar-refractivity contribution in [3.8, 4) is 0 Å². The highest BCUT2D eigenvalue weighted by molar-refractivity contribution is 8.18. The summed E-state index contributed by atoms with van der Waals surface area (Å²) in [5.41, 5.74) is 0. The van der Waals surface area contributed by atoms with E-state index in [1.807, 2.05) is 33.8 Å². The molecule has 0 atom stereocenters. The van der Waals surface area contributed by atoms with E-state index in [1.165, 1.54) is 4.90 Å². The molecular weight excluding hydrogens is 198 g/mol. The van der Waals surface area contributed by atoms with E-state index in [4.69, 9.17) is 0 Å². The summed E-state index contributed by atoms with van der Waals surface area (Å²) < 4.78 is 0. The van der Waals surface area contributed by atoms with Crippen molar-refractivity contribution < 1.29 is 9.59 Å². The summed E-state index contributed by atoms with van der Waals surface area (Å²) in [6.07, 6.45) is 1.84. The molecule has 1 fully saturated rings. The van der Waals surface area contributed by atoms with Crippen molar-refractivity contribution in [3.63, 3.8) is 0 Å². The molecule has 1 aliphatic heterocycles. The van der Waals surface area contributed by atoms with Gasteiger partial charge in [-0.1, -0.05) is 19.9 Å². The van der Waals surface area contributed by atoms with Gasteiger partial charge in [0.1, 0.15) is 0 Å². The lowest BCUT2D eigenvalue weighted by Crippen LogP contribution is -2.34. The molecule has 3 nitrogen and oxygen atoms in total. The first kappa shape index (κ1) is 11.3. The van der Waals surface area contributed by atoms with Gasteiger partial charge in [-0.25, -0.2) is 0 Å². The fraction of sp³-hybridized carbons (Fsp3) is 0.600. The Morgan fingerprint density at radius 3 is 2.14 bits per heavy atom. The SMILES string of the molecule is CC(C)/C=C1\SC(=O)N(C(C)C)C1=O. The molecule has 2 amide bonds. The van der Waals surface area contributed by atoms with Crippen LogP contribution >= 0.6 is 11.8 Å². The van der Waals surface area contributed by atoms with Crippen LogP contribution in [0.2, 0.25) is 0 Å². The number of amides is 2. The second-order valence-electron chi connectivity index (χ2n) is 3.91. The lowest BCUT2D eigenvalue weighted by molar-refractivity contribution is -0.123. The zero-order chi connectivity index (χ0) is 10.9. The molecule has 0 aromatic heterocycles. The van der Waals surface area contributed by atoms with Gasteiger partial charge in [-0.05, 0) is 31.5 Å². The summed E-state index contributed by atoms with van der Waals surface area (Å²) in [5, 5.41) is -0.156. The normalized spacial score (nSPS) is 20.7. The predicted molar refractivity (Wildman–Crippen MR) is 57.9 cm³/mol. The van der Waals surface area contributed by atoms with E-state index in [0.717, 1.165) is 11.8 Å². The lowest BCUT2D eigenvalue weighted by atomic mass is 10.2. The molecule has 0 aliphatic carbocycles. The van der Waals surface area contributed by atoms with Crippen LogP contribution in [0.4, 0.5) is 4.79 Å². The van der Waals surface area contributed by atoms with Crippen molar-refractivity contribution in [1.82, 2.24) is 4.90 Å². The number of allylic oxidation sites excluding steroid dienone is 1. The highest BCUT2D eigenvalue weighted by Gasteiger charge is 2.36. The summed E-state index contributed by atoms with van der Waals surface area (Å²) in [6.45, 7) is 7.66. The van der Waals surface area contributed by atoms with Crippen LogP contribution in [0.25, 0.3) is 0 Å². The molecule has 1 heterocycles. The van der Waals surface area contributed by atoms with Crippen molar-refractivity contribution in [2.75, 3.05) is 0 Å². The average molecular weight is 213 g/mol. The number of carbonyl (C=O) groups is 2. The van der Waals surface area contributed by atoms with Crippen molar-refractivity contribution in [1.29, 1.82) is 0 Å². The molecule has 4 heteroatoms. The predicted octanol–water partition coefficient (Wildman–Crippen LogP) is 2.63. The minimum absolute atomic E-state index is 0.0550. The third-order valence-corrected chi connectivity index (χ3v) is 2.73. The smallest absolute Gasteiger partial charge is 0.268 e. The van der Waals surface area contributed by atoms with Gasteiger partial charge in [-0.15, -0.1) is 0 Å². The number of hydrogen-bond acceptors (Lipinski definition) is 3. The van der Waals surface area contributed by atoms with Crippen molar-refractivity contribution in [2.24, 2.45) is 5.92 Å². The topological polar surface area (TPSA) is 37.4 Å². The lowest BCUT2D eigenvalue weighted by Gasteiger charge is -2.16. The van der Waals surface area contributed by atoms with Gasteiger partial charge in [0.25, 0.3) is 11.1 Å². The first-order valence-corrected chi connectivity index (χ1v) is 5.52. The fourth-order valence-corrected chi connectivity index (χ4v) is 2.35. The Hall–Kier alpha value is -0.770. The molecule has 1 aliphatic rings. The van der Waals surface area contributed by atoms with E-state index in [2.05, 4.69) is 0 Å². The molecule has 0 saturated carbocycles. The van der Waals surface area contributed by atoms with Crippen molar-refractivity contribution >= 4 is 22.9 Å². The zero-order valence-corrected chi connectivity index (χ0v) is 9.72. The second-order valence-corrected chi connectivity index (χ2v) is 4.90. The van der Waals surface area contributed by atoms with Crippen LogP contribution in [0.15, 0.2) is 11.0 Å². The molecule has 1 rings (SSSR count). The Kier molecular flexibility index (Phi) is 3.37. The number of carbonyl (C=O) groups excluding carboxylic acids is 2. The largest absolute Gasteiger partial charge is 0.293 e. The number of imide groups is 1. The van der Waals surface area contributed by atoms with Gasteiger partial charge in [-0.3, -0.25) is 14.5 Å². The molecule has 0 radical (unpaired) electrons. The van der Waals surface area contributed by atoms with E-state index in [0.29, 0.717) is 10.8 Å². The molecule has 0 aromatic rings. The third kappa shape index (κ3) is 2.18. The van der Waals surface area contributed by atoms with E-state index in [-0.39, 0.29) is 17.2 Å². The Balaban J connectivity index is 2.90. The van der Waals surface area contributed by atoms with Crippen molar-refractivity contribution in [2.45, 2.75) is 33.7 Å². The molecule has 0 spiro atoms. The first-order chi connectivity index (χ1) is 6.43. The molecular formula is C10H15NO2S. The highest BCUT2D eigenvalue weighted by atomic mass is 32.2. The zero-order valence-electron chi connectivity index (χ0n) is 8.90. The Morgan fingerprint density at radius 1 is 1.21 bits per heavy atom. The monoisotopic (exact) mass is 213 g/mol. The average Bonchev–Trinajstić information content (AvgIpc) is 2.25. The first-order valence-electron chi connectivity index (χ1n) is 4.70. The van der Waals surface area contributed by atoms with E-state index in [1.54, 1.807) is 0 Å². The summed E-state index contributed by atoms with van der Waals surface area (Å²) in [6, 6.07) is -0.0550. The summed E-state index contributed by atoms with van der Waals surface area (Å²) in [4.78, 5) is 25.0. The van der Waals surface area contributed by atoms with Crippen LogP contribution in [0.5, 0.6) is 0 Å². The molecule has 0 N–H and O–H groups in total. The van der Waals surface area contributed by atoms with Crippen LogP contribution in [0.3, 0.4) is 0 Å². The van der Waals surface area contributed by atoms with E-state index in [9.17, 15) is 9.59 Å². The van der Waals surface area contributed by atoms with Gasteiger partial charge in [0, 0.05) is 6.04 Å². The molecule has 14 heavy (non-hydrogen) atoms. The van der Waals surface area contributed by atoms with Gasteiger partial charge in [0.2, 0.25) is 0 Å². The maximum Gasteiger partial charge on any atom is 0.293 e. The number of thioether (sulfide) groups is 1. The fourth-order valence-electron chi connectivity index (χ4n) is 1.24. The number of nitrogens with zero attached hydrogens (tertiary/aromatic N) is 1. The van der Waals surface area contributed by atoms with E-state index >= 15 is 0 Å². The Labute approximate surface area is 88.5 Å².